The van der Waals surface area contributed by atoms with Crippen LogP contribution in [-0.4, -0.2) is 40.0 Å². The van der Waals surface area contributed by atoms with Crippen LogP contribution in [0.4, 0.5) is 0 Å². The summed E-state index contributed by atoms with van der Waals surface area (Å²) in [7, 11) is 1.64. The van der Waals surface area contributed by atoms with Crippen molar-refractivity contribution in [3.05, 3.63) is 47.0 Å². The van der Waals surface area contributed by atoms with Gasteiger partial charge in [-0.3, -0.25) is 9.69 Å². The average molecular weight is 372 g/mol. The lowest BCUT2D eigenvalue weighted by Crippen LogP contribution is -2.37. The van der Waals surface area contributed by atoms with E-state index >= 15 is 0 Å². The Morgan fingerprint density at radius 3 is 2.42 bits per heavy atom. The number of ketones is 1. The molecular weight excluding hydrogens is 346 g/mol. The number of carbonyl (C=O) groups is 1. The molecule has 5 nitrogen and oxygen atoms in total. The maximum atomic E-state index is 12.7. The van der Waals surface area contributed by atoms with Crippen LogP contribution in [0.25, 0.3) is 0 Å². The zero-order chi connectivity index (χ0) is 18.1. The number of benzene rings is 1. The Morgan fingerprint density at radius 1 is 1.12 bits per heavy atom. The van der Waals surface area contributed by atoms with E-state index in [0.717, 1.165) is 48.7 Å². The minimum Gasteiger partial charge on any atom is -0.497 e. The van der Waals surface area contributed by atoms with Crippen LogP contribution in [0.1, 0.15) is 42.1 Å². The van der Waals surface area contributed by atoms with E-state index < -0.39 is 0 Å². The summed E-state index contributed by atoms with van der Waals surface area (Å²) in [4.78, 5) is 15.1. The van der Waals surface area contributed by atoms with Gasteiger partial charge in [-0.25, -0.2) is 0 Å². The minimum atomic E-state index is 0.115. The van der Waals surface area contributed by atoms with Crippen LogP contribution in [0, 0.1) is 10.7 Å². The van der Waals surface area contributed by atoms with Gasteiger partial charge in [-0.1, -0.05) is 0 Å². The molecule has 138 valence electrons. The predicted octanol–water partition coefficient (Wildman–Crippen LogP) is 3.91. The highest BCUT2D eigenvalue weighted by atomic mass is 32.1. The molecule has 2 aromatic rings. The Balaban J connectivity index is 1.33. The molecule has 1 saturated heterocycles. The number of imidazole rings is 1. The molecule has 1 aromatic carbocycles. The molecule has 0 radical (unpaired) electrons. The van der Waals surface area contributed by atoms with Crippen molar-refractivity contribution in [1.82, 2.24) is 14.0 Å². The fourth-order valence-electron chi connectivity index (χ4n) is 3.71. The summed E-state index contributed by atoms with van der Waals surface area (Å²) in [6.07, 6.45) is 8.51. The normalized spacial score (nSPS) is 18.8. The fourth-order valence-corrected chi connectivity index (χ4v) is 4.04. The van der Waals surface area contributed by atoms with E-state index in [1.165, 1.54) is 12.8 Å². The number of hydrogen-bond donors (Lipinski definition) is 0. The molecule has 2 aliphatic rings. The first-order valence-corrected chi connectivity index (χ1v) is 9.74. The van der Waals surface area contributed by atoms with Gasteiger partial charge >= 0.3 is 0 Å². The molecule has 0 N–H and O–H groups in total. The summed E-state index contributed by atoms with van der Waals surface area (Å²) in [5.41, 5.74) is 0.785. The van der Waals surface area contributed by atoms with Gasteiger partial charge in [-0.15, -0.1) is 0 Å². The van der Waals surface area contributed by atoms with Gasteiger partial charge in [-0.05, 0) is 62.2 Å². The van der Waals surface area contributed by atoms with E-state index in [-0.39, 0.29) is 11.7 Å². The topological polar surface area (TPSA) is 39.4 Å². The summed E-state index contributed by atoms with van der Waals surface area (Å²) in [5.74, 6) is 1.15. The smallest absolute Gasteiger partial charge is 0.181 e. The molecule has 1 aromatic heterocycles. The molecule has 2 fully saturated rings. The maximum Gasteiger partial charge on any atom is 0.181 e. The van der Waals surface area contributed by atoms with Crippen molar-refractivity contribution in [3.63, 3.8) is 0 Å². The quantitative estimate of drug-likeness (QED) is 0.570. The number of hydrogen-bond acceptors (Lipinski definition) is 4. The Kier molecular flexibility index (Phi) is 4.96. The lowest BCUT2D eigenvalue weighted by molar-refractivity contribution is 0.0810. The largest absolute Gasteiger partial charge is 0.497 e. The summed E-state index contributed by atoms with van der Waals surface area (Å²) in [6, 6.07) is 8.07. The van der Waals surface area contributed by atoms with Crippen LogP contribution in [0.5, 0.6) is 5.75 Å². The van der Waals surface area contributed by atoms with Gasteiger partial charge in [0.1, 0.15) is 5.75 Å². The van der Waals surface area contributed by atoms with Crippen LogP contribution < -0.4 is 4.74 Å². The van der Waals surface area contributed by atoms with Gasteiger partial charge in [0.25, 0.3) is 0 Å². The molecule has 1 aliphatic heterocycles. The number of Topliss-reactive ketones (excluding diaryl/α,β-unsaturated/α-hetero) is 1. The number of carbonyl (C=O) groups excluding carboxylic acids is 1. The molecule has 0 atom stereocenters. The van der Waals surface area contributed by atoms with E-state index in [1.54, 1.807) is 7.11 Å². The van der Waals surface area contributed by atoms with Gasteiger partial charge in [0.05, 0.1) is 13.8 Å². The average Bonchev–Trinajstić information content (AvgIpc) is 3.46. The van der Waals surface area contributed by atoms with E-state index in [1.807, 2.05) is 24.3 Å². The van der Waals surface area contributed by atoms with Crippen molar-refractivity contribution in [2.45, 2.75) is 38.4 Å². The van der Waals surface area contributed by atoms with Gasteiger partial charge < -0.3 is 13.9 Å². The summed E-state index contributed by atoms with van der Waals surface area (Å²) >= 11 is 5.59. The third-order valence-electron chi connectivity index (χ3n) is 5.50. The Morgan fingerprint density at radius 2 is 1.81 bits per heavy atom. The van der Waals surface area contributed by atoms with Gasteiger partial charge in [0, 0.05) is 43.0 Å². The molecule has 0 bridgehead atoms. The van der Waals surface area contributed by atoms with Crippen molar-refractivity contribution in [2.24, 2.45) is 5.92 Å². The Bertz CT molecular complexity index is 827. The fraction of sp³-hybridized carbons (Fsp3) is 0.500. The highest BCUT2D eigenvalue weighted by molar-refractivity contribution is 7.71. The number of piperidine rings is 1. The molecule has 26 heavy (non-hydrogen) atoms. The van der Waals surface area contributed by atoms with E-state index in [4.69, 9.17) is 17.0 Å². The van der Waals surface area contributed by atoms with Gasteiger partial charge in [0.15, 0.2) is 10.6 Å². The first-order chi connectivity index (χ1) is 12.7. The number of aromatic nitrogens is 2. The second kappa shape index (κ2) is 7.37. The molecule has 2 heterocycles. The molecule has 6 heteroatoms. The van der Waals surface area contributed by atoms with Crippen molar-refractivity contribution in [3.8, 4) is 5.75 Å². The Labute approximate surface area is 159 Å². The summed E-state index contributed by atoms with van der Waals surface area (Å²) < 4.78 is 10.5. The van der Waals surface area contributed by atoms with Crippen molar-refractivity contribution < 1.29 is 9.53 Å². The SMILES string of the molecule is COc1ccc(C(=O)C2CCN(Cn3ccn(C4CC4)c3=S)CC2)cc1. The minimum absolute atomic E-state index is 0.115. The number of nitrogens with zero attached hydrogens (tertiary/aromatic N) is 3. The van der Waals surface area contributed by atoms with E-state index in [0.29, 0.717) is 6.04 Å². The number of methoxy groups -OCH3 is 1. The van der Waals surface area contributed by atoms with Crippen LogP contribution >= 0.6 is 12.2 Å². The summed E-state index contributed by atoms with van der Waals surface area (Å²) in [6.45, 7) is 2.69. The lowest BCUT2D eigenvalue weighted by Gasteiger charge is -2.31. The first kappa shape index (κ1) is 17.5. The molecule has 0 spiro atoms. The highest BCUT2D eigenvalue weighted by Gasteiger charge is 2.27. The predicted molar refractivity (Wildman–Crippen MR) is 103 cm³/mol. The first-order valence-electron chi connectivity index (χ1n) is 9.33. The third-order valence-corrected chi connectivity index (χ3v) is 5.94. The van der Waals surface area contributed by atoms with Crippen molar-refractivity contribution >= 4 is 18.0 Å². The Hall–Kier alpha value is -1.92. The van der Waals surface area contributed by atoms with Gasteiger partial charge in [0.2, 0.25) is 0 Å². The van der Waals surface area contributed by atoms with Crippen molar-refractivity contribution in [1.29, 1.82) is 0 Å². The lowest BCUT2D eigenvalue weighted by atomic mass is 9.89. The van der Waals surface area contributed by atoms with Crippen LogP contribution in [-0.2, 0) is 6.67 Å². The van der Waals surface area contributed by atoms with E-state index in [2.05, 4.69) is 26.4 Å². The second-order valence-corrected chi connectivity index (χ2v) is 7.68. The number of likely N-dealkylation sites (tertiary alicyclic amines) is 1. The second-order valence-electron chi connectivity index (χ2n) is 7.32. The third kappa shape index (κ3) is 3.62. The molecule has 0 unspecified atom stereocenters. The zero-order valence-corrected chi connectivity index (χ0v) is 16.0. The zero-order valence-electron chi connectivity index (χ0n) is 15.1. The van der Waals surface area contributed by atoms with Crippen LogP contribution in [0.15, 0.2) is 36.7 Å². The molecular formula is C20H25N3O2S. The summed E-state index contributed by atoms with van der Waals surface area (Å²) in [5, 5.41) is 0. The molecule has 1 aliphatic carbocycles. The number of ether oxygens (including phenoxy) is 1. The maximum absolute atomic E-state index is 12.7. The van der Waals surface area contributed by atoms with Crippen molar-refractivity contribution in [2.75, 3.05) is 20.2 Å². The van der Waals surface area contributed by atoms with Crippen LogP contribution in [0.3, 0.4) is 0 Å². The number of rotatable bonds is 6. The van der Waals surface area contributed by atoms with Gasteiger partial charge in [-0.2, -0.15) is 0 Å². The highest BCUT2D eigenvalue weighted by Crippen LogP contribution is 2.35. The van der Waals surface area contributed by atoms with E-state index in [9.17, 15) is 4.79 Å². The monoisotopic (exact) mass is 371 g/mol. The molecule has 0 amide bonds. The molecule has 4 rings (SSSR count). The standard InChI is InChI=1S/C20H25N3O2S/c1-25-18-6-2-15(3-7-18)19(24)16-8-10-21(11-9-16)14-22-12-13-23(20(22)26)17-4-5-17/h2-3,6-7,12-13,16-17H,4-5,8-11,14H2,1H3. The van der Waals surface area contributed by atoms with Crippen LogP contribution in [0.2, 0.25) is 0 Å². The molecule has 1 saturated carbocycles.